The summed E-state index contributed by atoms with van der Waals surface area (Å²) in [4.78, 5) is 7.12. The van der Waals surface area contributed by atoms with E-state index in [4.69, 9.17) is 0 Å². The third-order valence-corrected chi connectivity index (χ3v) is 2.97. The van der Waals surface area contributed by atoms with Gasteiger partial charge in [0, 0.05) is 0 Å². The average Bonchev–Trinajstić information content (AvgIpc) is 2.33. The molecule has 0 bridgehead atoms. The van der Waals surface area contributed by atoms with E-state index in [9.17, 15) is 0 Å². The number of aromatic nitrogens is 2. The molecule has 0 radical (unpaired) electrons. The lowest BCUT2D eigenvalue weighted by molar-refractivity contribution is 1.20. The maximum Gasteiger partial charge on any atom is 0.132 e. The summed E-state index contributed by atoms with van der Waals surface area (Å²) in [7, 11) is 3.38. The summed E-state index contributed by atoms with van der Waals surface area (Å²) in [5.41, 5.74) is 1.12. The smallest absolute Gasteiger partial charge is 0.132 e. The second-order valence-corrected chi connectivity index (χ2v) is 3.70. The zero-order valence-electron chi connectivity index (χ0n) is 4.50. The Labute approximate surface area is 60.5 Å². The topological polar surface area (TPSA) is 28.7 Å². The van der Waals surface area contributed by atoms with Crippen LogP contribution in [0, 0.1) is 0 Å². The lowest BCUT2D eigenvalue weighted by Crippen LogP contribution is -1.75. The number of nitrogens with zero attached hydrogens (tertiary/aromatic N) is 1. The molecular weight excluding hydrogens is 152 g/mol. The molecule has 2 nitrogen and oxygen atoms in total. The van der Waals surface area contributed by atoms with Crippen LogP contribution in [-0.4, -0.2) is 9.97 Å². The molecular formula is C5H4N2S2. The monoisotopic (exact) mass is 156 g/mol. The van der Waals surface area contributed by atoms with Gasteiger partial charge in [0.05, 0.1) is 12.0 Å². The predicted molar refractivity (Wildman–Crippen MR) is 41.1 cm³/mol. The van der Waals surface area contributed by atoms with Crippen molar-refractivity contribution in [1.29, 1.82) is 0 Å². The van der Waals surface area contributed by atoms with Crippen LogP contribution >= 0.6 is 21.6 Å². The third kappa shape index (κ3) is 0.881. The van der Waals surface area contributed by atoms with E-state index in [1.165, 1.54) is 0 Å². The first-order valence-corrected chi connectivity index (χ1v) is 4.71. The van der Waals surface area contributed by atoms with Crippen LogP contribution in [0.2, 0.25) is 0 Å². The van der Waals surface area contributed by atoms with Gasteiger partial charge in [-0.2, -0.15) is 0 Å². The summed E-state index contributed by atoms with van der Waals surface area (Å²) in [6, 6.07) is 0. The molecule has 46 valence electrons. The zero-order valence-corrected chi connectivity index (χ0v) is 6.13. The van der Waals surface area contributed by atoms with Crippen molar-refractivity contribution < 1.29 is 0 Å². The molecule has 1 aromatic rings. The van der Waals surface area contributed by atoms with Gasteiger partial charge in [0.25, 0.3) is 0 Å². The van der Waals surface area contributed by atoms with Crippen molar-refractivity contribution in [1.82, 2.24) is 9.97 Å². The molecule has 0 saturated heterocycles. The van der Waals surface area contributed by atoms with Gasteiger partial charge in [0.15, 0.2) is 0 Å². The van der Waals surface area contributed by atoms with Crippen molar-refractivity contribution in [2.45, 2.75) is 5.03 Å². The van der Waals surface area contributed by atoms with Crippen molar-refractivity contribution in [3.05, 3.63) is 17.4 Å². The Bertz CT molecular complexity index is 241. The predicted octanol–water partition coefficient (Wildman–Crippen LogP) is 2.13. The summed E-state index contributed by atoms with van der Waals surface area (Å²) in [6.07, 6.45) is 3.75. The third-order valence-electron chi connectivity index (χ3n) is 1.05. The lowest BCUT2D eigenvalue weighted by atomic mass is 10.5. The molecule has 1 aliphatic heterocycles. The molecule has 0 fully saturated rings. The standard InChI is InChI=1S/C5H4N2S2/c1-2-8-9-5-4(1)6-3-7-5/h1-3H,(H,6,7). The first-order valence-electron chi connectivity index (χ1n) is 2.50. The highest BCUT2D eigenvalue weighted by Gasteiger charge is 2.05. The van der Waals surface area contributed by atoms with Gasteiger partial charge >= 0.3 is 0 Å². The van der Waals surface area contributed by atoms with Crippen molar-refractivity contribution in [2.24, 2.45) is 0 Å². The highest BCUT2D eigenvalue weighted by Crippen LogP contribution is 2.37. The van der Waals surface area contributed by atoms with Crippen molar-refractivity contribution in [2.75, 3.05) is 0 Å². The van der Waals surface area contributed by atoms with Crippen molar-refractivity contribution in [3.63, 3.8) is 0 Å². The molecule has 0 unspecified atom stereocenters. The second-order valence-electron chi connectivity index (χ2n) is 1.60. The second kappa shape index (κ2) is 2.11. The molecule has 4 heteroatoms. The van der Waals surface area contributed by atoms with E-state index in [1.807, 2.05) is 11.5 Å². The van der Waals surface area contributed by atoms with Crippen LogP contribution < -0.4 is 0 Å². The van der Waals surface area contributed by atoms with Gasteiger partial charge in [0.2, 0.25) is 0 Å². The van der Waals surface area contributed by atoms with E-state index in [1.54, 1.807) is 27.9 Å². The van der Waals surface area contributed by atoms with Crippen LogP contribution in [0.5, 0.6) is 0 Å². The largest absolute Gasteiger partial charge is 0.344 e. The number of rotatable bonds is 0. The summed E-state index contributed by atoms with van der Waals surface area (Å²) in [5.74, 6) is 0. The van der Waals surface area contributed by atoms with Crippen LogP contribution in [0.15, 0.2) is 16.8 Å². The summed E-state index contributed by atoms with van der Waals surface area (Å²) < 4.78 is 0. The first-order chi connectivity index (χ1) is 4.47. The summed E-state index contributed by atoms with van der Waals surface area (Å²) in [5, 5.41) is 3.13. The van der Waals surface area contributed by atoms with E-state index in [0.29, 0.717) is 0 Å². The Morgan fingerprint density at radius 2 is 2.56 bits per heavy atom. The Balaban J connectivity index is 2.53. The maximum absolute atomic E-state index is 4.09. The average molecular weight is 156 g/mol. The zero-order chi connectivity index (χ0) is 6.10. The van der Waals surface area contributed by atoms with E-state index in [-0.39, 0.29) is 0 Å². The lowest BCUT2D eigenvalue weighted by Gasteiger charge is -1.98. The van der Waals surface area contributed by atoms with Crippen LogP contribution in [-0.2, 0) is 0 Å². The Morgan fingerprint density at radius 3 is 3.44 bits per heavy atom. The molecule has 0 aliphatic carbocycles. The number of nitrogens with one attached hydrogen (secondary N) is 1. The number of fused-ring (bicyclic) bond motifs is 1. The van der Waals surface area contributed by atoms with Crippen LogP contribution in [0.3, 0.4) is 0 Å². The molecule has 0 saturated carbocycles. The molecule has 0 amide bonds. The van der Waals surface area contributed by atoms with Gasteiger partial charge < -0.3 is 4.98 Å². The first kappa shape index (κ1) is 5.44. The van der Waals surface area contributed by atoms with Gasteiger partial charge in [-0.1, -0.05) is 10.8 Å². The van der Waals surface area contributed by atoms with E-state index < -0.39 is 0 Å². The highest BCUT2D eigenvalue weighted by atomic mass is 33.1. The van der Waals surface area contributed by atoms with E-state index >= 15 is 0 Å². The van der Waals surface area contributed by atoms with E-state index in [0.717, 1.165) is 10.7 Å². The van der Waals surface area contributed by atoms with Crippen LogP contribution in [0.25, 0.3) is 6.08 Å². The van der Waals surface area contributed by atoms with Crippen LogP contribution in [0.4, 0.5) is 0 Å². The van der Waals surface area contributed by atoms with Crippen molar-refractivity contribution >= 4 is 27.7 Å². The summed E-state index contributed by atoms with van der Waals surface area (Å²) >= 11 is 0. The quantitative estimate of drug-likeness (QED) is 0.583. The van der Waals surface area contributed by atoms with Gasteiger partial charge in [-0.15, -0.1) is 0 Å². The van der Waals surface area contributed by atoms with Gasteiger partial charge in [0.1, 0.15) is 5.03 Å². The minimum absolute atomic E-state index is 1.09. The van der Waals surface area contributed by atoms with Gasteiger partial charge in [-0.25, -0.2) is 4.98 Å². The van der Waals surface area contributed by atoms with Gasteiger partial charge in [-0.05, 0) is 22.3 Å². The molecule has 0 aromatic carbocycles. The SMILES string of the molecule is C1=Cc2[nH]cnc2SS1. The normalized spacial score (nSPS) is 15.6. The Morgan fingerprint density at radius 1 is 1.56 bits per heavy atom. The molecule has 9 heavy (non-hydrogen) atoms. The van der Waals surface area contributed by atoms with Gasteiger partial charge in [-0.3, -0.25) is 0 Å². The van der Waals surface area contributed by atoms with Crippen molar-refractivity contribution in [3.8, 4) is 0 Å². The minimum Gasteiger partial charge on any atom is -0.344 e. The Kier molecular flexibility index (Phi) is 1.28. The highest BCUT2D eigenvalue weighted by molar-refractivity contribution is 8.78. The molecule has 0 spiro atoms. The van der Waals surface area contributed by atoms with E-state index in [2.05, 4.69) is 9.97 Å². The van der Waals surface area contributed by atoms with Crippen LogP contribution in [0.1, 0.15) is 5.69 Å². The number of aromatic amines is 1. The fraction of sp³-hybridized carbons (Fsp3) is 0. The minimum atomic E-state index is 1.09. The fourth-order valence-electron chi connectivity index (χ4n) is 0.647. The molecule has 1 N–H and O–H groups in total. The Hall–Kier alpha value is -0.350. The number of hydrogen-bond donors (Lipinski definition) is 1. The number of hydrogen-bond acceptors (Lipinski definition) is 3. The molecule has 2 heterocycles. The molecule has 1 aliphatic rings. The number of H-pyrrole nitrogens is 1. The molecule has 1 aromatic heterocycles. The number of imidazole rings is 1. The molecule has 0 atom stereocenters. The fourth-order valence-corrected chi connectivity index (χ4v) is 2.30. The maximum atomic E-state index is 4.09. The summed E-state index contributed by atoms with van der Waals surface area (Å²) in [6.45, 7) is 0. The molecule has 2 rings (SSSR count).